The van der Waals surface area contributed by atoms with Gasteiger partial charge in [0.1, 0.15) is 5.75 Å². The van der Waals surface area contributed by atoms with Crippen LogP contribution in [-0.4, -0.2) is 28.3 Å². The average molecular weight is 409 g/mol. The van der Waals surface area contributed by atoms with E-state index in [-0.39, 0.29) is 17.2 Å². The number of allylic oxidation sites excluding steroid dienone is 2. The molecular weight excluding hydrogens is 372 g/mol. The summed E-state index contributed by atoms with van der Waals surface area (Å²) in [5.41, 5.74) is 0.898. The molecule has 0 heterocycles. The van der Waals surface area contributed by atoms with E-state index >= 15 is 0 Å². The summed E-state index contributed by atoms with van der Waals surface area (Å²) < 4.78 is 6.03. The molecule has 28 heavy (non-hydrogen) atoms. The van der Waals surface area contributed by atoms with Gasteiger partial charge in [-0.05, 0) is 49.3 Å². The van der Waals surface area contributed by atoms with Crippen molar-refractivity contribution in [2.45, 2.75) is 82.8 Å². The molecule has 1 aromatic carbocycles. The summed E-state index contributed by atoms with van der Waals surface area (Å²) in [4.78, 5) is 0. The Hall–Kier alpha value is -1.03. The summed E-state index contributed by atoms with van der Waals surface area (Å²) in [5.74, 6) is 1.01. The zero-order chi connectivity index (χ0) is 20.4. The monoisotopic (exact) mass is 408 g/mol. The van der Waals surface area contributed by atoms with Gasteiger partial charge in [0.25, 0.3) is 0 Å². The lowest BCUT2D eigenvalue weighted by Gasteiger charge is -2.23. The van der Waals surface area contributed by atoms with Crippen molar-refractivity contribution in [3.8, 4) is 5.75 Å². The molecule has 0 saturated heterocycles. The van der Waals surface area contributed by atoms with E-state index in [0.717, 1.165) is 56.3 Å². The maximum Gasteiger partial charge on any atom is 0.119 e. The fourth-order valence-electron chi connectivity index (χ4n) is 3.99. The highest BCUT2D eigenvalue weighted by Gasteiger charge is 2.41. The summed E-state index contributed by atoms with van der Waals surface area (Å²) in [5, 5.41) is 20.8. The van der Waals surface area contributed by atoms with E-state index in [1.807, 2.05) is 24.3 Å². The number of halogens is 1. The lowest BCUT2D eigenvalue weighted by molar-refractivity contribution is 0.0805. The van der Waals surface area contributed by atoms with Crippen LogP contribution in [0.3, 0.4) is 0 Å². The lowest BCUT2D eigenvalue weighted by atomic mass is 9.92. The van der Waals surface area contributed by atoms with Crippen LogP contribution in [0.1, 0.15) is 76.9 Å². The van der Waals surface area contributed by atoms with Crippen LogP contribution in [0.5, 0.6) is 5.75 Å². The second kappa shape index (κ2) is 12.5. The van der Waals surface area contributed by atoms with Gasteiger partial charge in [0.05, 0.1) is 18.8 Å². The molecule has 158 valence electrons. The molecule has 0 aromatic heterocycles. The van der Waals surface area contributed by atoms with Crippen molar-refractivity contribution in [2.24, 2.45) is 11.8 Å². The molecule has 0 radical (unpaired) electrons. The molecule has 5 atom stereocenters. The quantitative estimate of drug-likeness (QED) is 0.252. The highest BCUT2D eigenvalue weighted by atomic mass is 35.5. The van der Waals surface area contributed by atoms with Crippen LogP contribution in [0.4, 0.5) is 0 Å². The first-order valence-electron chi connectivity index (χ1n) is 10.9. The Morgan fingerprint density at radius 1 is 1.18 bits per heavy atom. The van der Waals surface area contributed by atoms with Crippen LogP contribution in [0.15, 0.2) is 36.4 Å². The number of aliphatic hydroxyl groups excluding tert-OH is 2. The first-order valence-corrected chi connectivity index (χ1v) is 11.4. The minimum Gasteiger partial charge on any atom is -0.493 e. The molecule has 1 aliphatic carbocycles. The van der Waals surface area contributed by atoms with Crippen LogP contribution < -0.4 is 4.74 Å². The summed E-state index contributed by atoms with van der Waals surface area (Å²) >= 11 is 6.51. The highest BCUT2D eigenvalue weighted by molar-refractivity contribution is 6.21. The largest absolute Gasteiger partial charge is 0.493 e. The van der Waals surface area contributed by atoms with Crippen molar-refractivity contribution in [1.29, 1.82) is 0 Å². The van der Waals surface area contributed by atoms with Gasteiger partial charge in [0.2, 0.25) is 0 Å². The second-order valence-corrected chi connectivity index (χ2v) is 8.60. The number of alkyl halides is 1. The molecule has 3 nitrogen and oxygen atoms in total. The molecule has 1 unspecified atom stereocenters. The van der Waals surface area contributed by atoms with Crippen molar-refractivity contribution in [3.05, 3.63) is 42.0 Å². The Morgan fingerprint density at radius 2 is 2.00 bits per heavy atom. The van der Waals surface area contributed by atoms with Crippen molar-refractivity contribution in [3.63, 3.8) is 0 Å². The Balaban J connectivity index is 1.92. The molecule has 2 rings (SSSR count). The lowest BCUT2D eigenvalue weighted by Crippen LogP contribution is -2.27. The second-order valence-electron chi connectivity index (χ2n) is 8.04. The molecule has 1 fully saturated rings. The number of rotatable bonds is 12. The normalized spacial score (nSPS) is 26.0. The fraction of sp³-hybridized carbons (Fsp3) is 0.667. The smallest absolute Gasteiger partial charge is 0.119 e. The number of aliphatic hydroxyl groups is 2. The number of hydrogen-bond donors (Lipinski definition) is 2. The summed E-state index contributed by atoms with van der Waals surface area (Å²) in [7, 11) is 0. The molecule has 1 aromatic rings. The average Bonchev–Trinajstić information content (AvgIpc) is 2.96. The Bertz CT molecular complexity index is 589. The van der Waals surface area contributed by atoms with Gasteiger partial charge in [0.15, 0.2) is 0 Å². The van der Waals surface area contributed by atoms with Crippen LogP contribution in [-0.2, 0) is 0 Å². The fourth-order valence-corrected chi connectivity index (χ4v) is 4.46. The van der Waals surface area contributed by atoms with Crippen molar-refractivity contribution in [1.82, 2.24) is 0 Å². The first-order chi connectivity index (χ1) is 13.6. The van der Waals surface area contributed by atoms with Gasteiger partial charge < -0.3 is 14.9 Å². The minimum atomic E-state index is -0.448. The molecule has 0 amide bonds. The van der Waals surface area contributed by atoms with Gasteiger partial charge in [-0.1, -0.05) is 63.8 Å². The van der Waals surface area contributed by atoms with E-state index in [2.05, 4.69) is 26.0 Å². The van der Waals surface area contributed by atoms with Gasteiger partial charge in [-0.2, -0.15) is 0 Å². The number of benzene rings is 1. The summed E-state index contributed by atoms with van der Waals surface area (Å²) in [6, 6.07) is 7.71. The van der Waals surface area contributed by atoms with E-state index < -0.39 is 12.2 Å². The summed E-state index contributed by atoms with van der Waals surface area (Å²) in [6.07, 6.45) is 11.4. The van der Waals surface area contributed by atoms with Gasteiger partial charge in [-0.15, -0.1) is 11.6 Å². The first kappa shape index (κ1) is 23.3. The molecular formula is C24H37ClO3. The topological polar surface area (TPSA) is 49.7 Å². The Morgan fingerprint density at radius 3 is 2.75 bits per heavy atom. The number of ether oxygens (including phenoxy) is 1. The molecule has 2 N–H and O–H groups in total. The third kappa shape index (κ3) is 7.09. The predicted molar refractivity (Wildman–Crippen MR) is 117 cm³/mol. The highest BCUT2D eigenvalue weighted by Crippen LogP contribution is 2.39. The minimum absolute atomic E-state index is 0.0124. The van der Waals surface area contributed by atoms with E-state index in [1.165, 1.54) is 0 Å². The van der Waals surface area contributed by atoms with Gasteiger partial charge in [-0.3, -0.25) is 0 Å². The van der Waals surface area contributed by atoms with Crippen molar-refractivity contribution in [2.75, 3.05) is 6.61 Å². The maximum atomic E-state index is 10.4. The number of hydrogen-bond acceptors (Lipinski definition) is 3. The maximum absolute atomic E-state index is 10.4. The van der Waals surface area contributed by atoms with Crippen molar-refractivity contribution >= 4 is 11.6 Å². The van der Waals surface area contributed by atoms with E-state index in [1.54, 1.807) is 0 Å². The van der Waals surface area contributed by atoms with Gasteiger partial charge >= 0.3 is 0 Å². The zero-order valence-electron chi connectivity index (χ0n) is 17.4. The van der Waals surface area contributed by atoms with Crippen LogP contribution in [0.25, 0.3) is 0 Å². The summed E-state index contributed by atoms with van der Waals surface area (Å²) in [6.45, 7) is 4.78. The Kier molecular flexibility index (Phi) is 10.4. The SMILES string of the molecule is CCC/C=C\C[C@@H]1[C@@H](COc2cccc(C(O)CCCCC)c2)[C@H](O)C[C@H]1Cl. The molecule has 0 bridgehead atoms. The molecule has 1 aliphatic rings. The van der Waals surface area contributed by atoms with Crippen LogP contribution in [0, 0.1) is 11.8 Å². The van der Waals surface area contributed by atoms with Crippen molar-refractivity contribution < 1.29 is 14.9 Å². The molecule has 4 heteroatoms. The van der Waals surface area contributed by atoms with Gasteiger partial charge in [-0.25, -0.2) is 0 Å². The third-order valence-corrected chi connectivity index (χ3v) is 6.27. The Labute approximate surface area is 175 Å². The zero-order valence-corrected chi connectivity index (χ0v) is 18.2. The van der Waals surface area contributed by atoms with Crippen LogP contribution >= 0.6 is 11.6 Å². The van der Waals surface area contributed by atoms with E-state index in [9.17, 15) is 10.2 Å². The molecule has 0 aliphatic heterocycles. The van der Waals surface area contributed by atoms with Gasteiger partial charge in [0, 0.05) is 11.3 Å². The molecule has 0 spiro atoms. The molecule has 1 saturated carbocycles. The van der Waals surface area contributed by atoms with E-state index in [0.29, 0.717) is 13.0 Å². The number of unbranched alkanes of at least 4 members (excludes halogenated alkanes) is 3. The van der Waals surface area contributed by atoms with E-state index in [4.69, 9.17) is 16.3 Å². The predicted octanol–water partition coefficient (Wildman–Crippen LogP) is 6.03. The third-order valence-electron chi connectivity index (χ3n) is 5.77. The van der Waals surface area contributed by atoms with Crippen LogP contribution in [0.2, 0.25) is 0 Å². The standard InChI is InChI=1S/C24H37ClO3/c1-3-5-7-9-13-20-21(24(27)16-22(20)25)17-28-19-12-10-11-18(15-19)23(26)14-8-6-4-2/h7,9-12,15,20-24,26-27H,3-6,8,13-14,16-17H2,1-2H3/b9-7-/t20-,21-,22-,23?,24-/m1/s1.